The lowest BCUT2D eigenvalue weighted by Gasteiger charge is -2.56. The van der Waals surface area contributed by atoms with Crippen molar-refractivity contribution >= 4 is 11.6 Å². The minimum atomic E-state index is -0.140. The molecule has 4 aliphatic carbocycles. The van der Waals surface area contributed by atoms with E-state index in [-0.39, 0.29) is 16.6 Å². The van der Waals surface area contributed by atoms with Crippen molar-refractivity contribution in [1.29, 1.82) is 0 Å². The van der Waals surface area contributed by atoms with Crippen LogP contribution in [0.5, 0.6) is 0 Å². The van der Waals surface area contributed by atoms with Crippen LogP contribution in [0, 0.1) is 28.6 Å². The van der Waals surface area contributed by atoms with Gasteiger partial charge in [0.15, 0.2) is 5.78 Å². The molecule has 1 aromatic carbocycles. The van der Waals surface area contributed by atoms with Gasteiger partial charge in [-0.15, -0.1) is 0 Å². The van der Waals surface area contributed by atoms with E-state index in [1.165, 1.54) is 16.7 Å². The van der Waals surface area contributed by atoms with Gasteiger partial charge in [-0.05, 0) is 72.5 Å². The van der Waals surface area contributed by atoms with Crippen molar-refractivity contribution in [2.75, 3.05) is 0 Å². The van der Waals surface area contributed by atoms with Gasteiger partial charge in [-0.2, -0.15) is 0 Å². The molecular formula is C26H30O2. The van der Waals surface area contributed by atoms with Gasteiger partial charge in [0, 0.05) is 18.3 Å². The Morgan fingerprint density at radius 3 is 2.43 bits per heavy atom. The van der Waals surface area contributed by atoms with Crippen molar-refractivity contribution in [2.24, 2.45) is 28.6 Å². The summed E-state index contributed by atoms with van der Waals surface area (Å²) in [4.78, 5) is 25.0. The number of hydrogen-bond donors (Lipinski definition) is 0. The first-order valence-corrected chi connectivity index (χ1v) is 10.9. The Bertz CT molecular complexity index is 892. The van der Waals surface area contributed by atoms with E-state index in [1.807, 2.05) is 6.08 Å². The summed E-state index contributed by atoms with van der Waals surface area (Å²) < 4.78 is 0. The summed E-state index contributed by atoms with van der Waals surface area (Å²) in [6.45, 7) is 4.62. The number of hydrogen-bond acceptors (Lipinski definition) is 2. The lowest BCUT2D eigenvalue weighted by atomic mass is 9.47. The molecule has 4 aliphatic rings. The summed E-state index contributed by atoms with van der Waals surface area (Å²) in [6, 6.07) is 10.7. The summed E-state index contributed by atoms with van der Waals surface area (Å²) in [5.74, 6) is 2.25. The molecule has 0 aliphatic heterocycles. The Balaban J connectivity index is 1.63. The predicted octanol–water partition coefficient (Wildman–Crippen LogP) is 5.48. The molecule has 0 bridgehead atoms. The number of allylic oxidation sites excluding steroid dienone is 4. The van der Waals surface area contributed by atoms with Gasteiger partial charge in [-0.25, -0.2) is 0 Å². The summed E-state index contributed by atoms with van der Waals surface area (Å²) >= 11 is 0. The first kappa shape index (κ1) is 18.1. The Morgan fingerprint density at radius 1 is 0.893 bits per heavy atom. The Hall–Kier alpha value is -1.96. The maximum Gasteiger partial charge on any atom is 0.156 e. The van der Waals surface area contributed by atoms with Crippen LogP contribution in [0.15, 0.2) is 53.6 Å². The molecular weight excluding hydrogens is 344 g/mol. The topological polar surface area (TPSA) is 34.1 Å². The fraction of sp³-hybridized carbons (Fsp3) is 0.538. The number of rotatable bonds is 2. The average molecular weight is 375 g/mol. The van der Waals surface area contributed by atoms with Gasteiger partial charge in [0.1, 0.15) is 5.78 Å². The number of Topliss-reactive ketones (excluding diaryl/α,β-unsaturated/α-hetero) is 1. The van der Waals surface area contributed by atoms with Crippen LogP contribution < -0.4 is 0 Å². The normalized spacial score (nSPS) is 39.6. The average Bonchev–Trinajstić information content (AvgIpc) is 2.99. The summed E-state index contributed by atoms with van der Waals surface area (Å²) in [5, 5.41) is 0. The molecule has 2 nitrogen and oxygen atoms in total. The highest BCUT2D eigenvalue weighted by molar-refractivity contribution is 5.92. The van der Waals surface area contributed by atoms with E-state index in [9.17, 15) is 9.59 Å². The van der Waals surface area contributed by atoms with Gasteiger partial charge in [0.05, 0.1) is 0 Å². The molecule has 5 rings (SSSR count). The van der Waals surface area contributed by atoms with Crippen molar-refractivity contribution in [1.82, 2.24) is 0 Å². The molecule has 0 spiro atoms. The third kappa shape index (κ3) is 2.53. The van der Waals surface area contributed by atoms with Gasteiger partial charge < -0.3 is 0 Å². The second kappa shape index (κ2) is 6.27. The van der Waals surface area contributed by atoms with Crippen LogP contribution >= 0.6 is 0 Å². The Kier molecular flexibility index (Phi) is 4.05. The summed E-state index contributed by atoms with van der Waals surface area (Å²) in [5.41, 5.74) is 3.99. The number of fused-ring (bicyclic) bond motifs is 5. The van der Waals surface area contributed by atoms with E-state index in [0.29, 0.717) is 30.0 Å². The molecule has 0 unspecified atom stereocenters. The molecule has 0 radical (unpaired) electrons. The van der Waals surface area contributed by atoms with Crippen molar-refractivity contribution in [3.63, 3.8) is 0 Å². The predicted molar refractivity (Wildman–Crippen MR) is 111 cm³/mol. The monoisotopic (exact) mass is 374 g/mol. The van der Waals surface area contributed by atoms with Crippen LogP contribution in [0.4, 0.5) is 0 Å². The fourth-order valence-corrected chi connectivity index (χ4v) is 6.99. The summed E-state index contributed by atoms with van der Waals surface area (Å²) in [6.07, 6.45) is 10.8. The molecule has 2 heteroatoms. The maximum atomic E-state index is 12.8. The zero-order valence-corrected chi connectivity index (χ0v) is 17.0. The molecule has 0 saturated heterocycles. The van der Waals surface area contributed by atoms with E-state index in [1.54, 1.807) is 0 Å². The molecule has 0 amide bonds. The maximum absolute atomic E-state index is 12.8. The van der Waals surface area contributed by atoms with Gasteiger partial charge in [0.2, 0.25) is 0 Å². The quantitative estimate of drug-likeness (QED) is 0.687. The highest BCUT2D eigenvalue weighted by Gasteiger charge is 2.59. The van der Waals surface area contributed by atoms with Crippen molar-refractivity contribution in [2.45, 2.75) is 58.8 Å². The molecule has 2 fully saturated rings. The zero-order valence-electron chi connectivity index (χ0n) is 17.0. The first-order chi connectivity index (χ1) is 13.4. The van der Waals surface area contributed by atoms with Crippen LogP contribution in [0.3, 0.4) is 0 Å². The van der Waals surface area contributed by atoms with Gasteiger partial charge >= 0.3 is 0 Å². The minimum absolute atomic E-state index is 0.0890. The lowest BCUT2D eigenvalue weighted by molar-refractivity contribution is -0.130. The third-order valence-corrected chi connectivity index (χ3v) is 8.68. The van der Waals surface area contributed by atoms with Gasteiger partial charge in [0.25, 0.3) is 0 Å². The number of benzene rings is 1. The van der Waals surface area contributed by atoms with Gasteiger partial charge in [-0.3, -0.25) is 9.59 Å². The molecule has 1 aromatic rings. The van der Waals surface area contributed by atoms with E-state index < -0.39 is 0 Å². The van der Waals surface area contributed by atoms with Crippen molar-refractivity contribution in [3.8, 4) is 0 Å². The molecule has 146 valence electrons. The Labute approximate surface area is 168 Å². The molecule has 28 heavy (non-hydrogen) atoms. The molecule has 0 aromatic heterocycles. The number of ketones is 2. The first-order valence-electron chi connectivity index (χ1n) is 10.9. The highest BCUT2D eigenvalue weighted by atomic mass is 16.1. The van der Waals surface area contributed by atoms with E-state index in [4.69, 9.17) is 0 Å². The van der Waals surface area contributed by atoms with Crippen LogP contribution in [0.1, 0.15) is 57.9 Å². The standard InChI is InChI=1S/C26H30O2/c1-25-12-10-20(27)16-19(25)15-18(14-17-6-4-3-5-7-17)24-21-8-9-23(28)26(21,2)13-11-22(24)25/h3-7,15-16,21-22,24H,8-14H2,1-2H3/t21-,22-,24-,25-,26-/m0/s1. The largest absolute Gasteiger partial charge is 0.299 e. The van der Waals surface area contributed by atoms with E-state index in [0.717, 1.165) is 38.5 Å². The third-order valence-electron chi connectivity index (χ3n) is 8.68. The van der Waals surface area contributed by atoms with Crippen molar-refractivity contribution in [3.05, 3.63) is 59.2 Å². The fourth-order valence-electron chi connectivity index (χ4n) is 6.99. The number of carbonyl (C=O) groups excluding carboxylic acids is 2. The number of carbonyl (C=O) groups is 2. The minimum Gasteiger partial charge on any atom is -0.299 e. The highest BCUT2D eigenvalue weighted by Crippen LogP contribution is 2.64. The van der Waals surface area contributed by atoms with Crippen LogP contribution in [0.2, 0.25) is 0 Å². The van der Waals surface area contributed by atoms with Crippen LogP contribution in [0.25, 0.3) is 0 Å². The van der Waals surface area contributed by atoms with E-state index >= 15 is 0 Å². The molecule has 0 heterocycles. The lowest BCUT2D eigenvalue weighted by Crippen LogP contribution is -2.50. The van der Waals surface area contributed by atoms with Crippen LogP contribution in [-0.2, 0) is 16.0 Å². The second-order valence-electron chi connectivity index (χ2n) is 10.0. The van der Waals surface area contributed by atoms with Crippen LogP contribution in [-0.4, -0.2) is 11.6 Å². The van der Waals surface area contributed by atoms with E-state index in [2.05, 4.69) is 50.3 Å². The Morgan fingerprint density at radius 2 is 1.64 bits per heavy atom. The van der Waals surface area contributed by atoms with Gasteiger partial charge in [-0.1, -0.05) is 55.8 Å². The molecule has 5 atom stereocenters. The second-order valence-corrected chi connectivity index (χ2v) is 10.0. The smallest absolute Gasteiger partial charge is 0.156 e. The SMILES string of the molecule is C[C@]12CCC(=O)C=C1C=C(Cc1ccccc1)[C@@H]1[C@@H]2CC[C@]2(C)C(=O)CC[C@@H]12. The molecule has 0 N–H and O–H groups in total. The summed E-state index contributed by atoms with van der Waals surface area (Å²) in [7, 11) is 0. The zero-order chi connectivity index (χ0) is 19.5. The van der Waals surface area contributed by atoms with Crippen molar-refractivity contribution < 1.29 is 9.59 Å². The molecule has 2 saturated carbocycles.